The van der Waals surface area contributed by atoms with E-state index in [4.69, 9.17) is 0 Å². The number of anilines is 1. The summed E-state index contributed by atoms with van der Waals surface area (Å²) in [4.78, 5) is 16.1. The van der Waals surface area contributed by atoms with Gasteiger partial charge < -0.3 is 10.5 Å². The Kier molecular flexibility index (Phi) is 3.62. The number of fused-ring (bicyclic) bond motifs is 1. The zero-order valence-corrected chi connectivity index (χ0v) is 12.5. The van der Waals surface area contributed by atoms with Gasteiger partial charge >= 0.3 is 0 Å². The molecule has 21 heavy (non-hydrogen) atoms. The number of aromatic nitrogens is 2. The fourth-order valence-electron chi connectivity index (χ4n) is 2.22. The molecule has 0 fully saturated rings. The highest BCUT2D eigenvalue weighted by atomic mass is 79.9. The van der Waals surface area contributed by atoms with Crippen molar-refractivity contribution in [1.82, 2.24) is 9.71 Å². The van der Waals surface area contributed by atoms with Gasteiger partial charge in [-0.25, -0.2) is 0 Å². The molecule has 0 saturated carbocycles. The van der Waals surface area contributed by atoms with E-state index in [1.807, 2.05) is 18.2 Å². The summed E-state index contributed by atoms with van der Waals surface area (Å²) in [7, 11) is 0. The average molecular weight is 346 g/mol. The molecule has 0 spiro atoms. The largest absolute Gasteiger partial charge is 0.428 e. The number of benzene rings is 1. The van der Waals surface area contributed by atoms with Crippen LogP contribution in [0.25, 0.3) is 10.9 Å². The number of nitrogens with zero attached hydrogens (tertiary/aromatic N) is 2. The summed E-state index contributed by atoms with van der Waals surface area (Å²) in [6.07, 6.45) is 4.98. The zero-order valence-electron chi connectivity index (χ0n) is 11.0. The average Bonchev–Trinajstić information content (AvgIpc) is 2.79. The van der Waals surface area contributed by atoms with Gasteiger partial charge in [-0.2, -0.15) is 4.73 Å². The first-order valence-electron chi connectivity index (χ1n) is 6.33. The quantitative estimate of drug-likeness (QED) is 0.716. The van der Waals surface area contributed by atoms with E-state index < -0.39 is 0 Å². The number of nitrogens with one attached hydrogen (secondary N) is 1. The maximum absolute atomic E-state index is 12.1. The summed E-state index contributed by atoms with van der Waals surface area (Å²) >= 11 is 3.33. The first kappa shape index (κ1) is 13.6. The predicted octanol–water partition coefficient (Wildman–Crippen LogP) is 3.22. The molecule has 0 atom stereocenters. The molecule has 6 heteroatoms. The van der Waals surface area contributed by atoms with E-state index in [1.54, 1.807) is 30.7 Å². The molecule has 0 aliphatic carbocycles. The standard InChI is InChI=1S/C15H12BrN3O2/c16-12-8-17-6-5-13(12)18-15(20)7-10-9-19(21)14-4-2-1-3-11(10)14/h1-6,8-9,21H,7H2,(H,17,18,20). The number of hydrogen-bond acceptors (Lipinski definition) is 3. The minimum Gasteiger partial charge on any atom is -0.428 e. The number of halogens is 1. The van der Waals surface area contributed by atoms with E-state index in [9.17, 15) is 10.0 Å². The Morgan fingerprint density at radius 3 is 2.95 bits per heavy atom. The number of hydrogen-bond donors (Lipinski definition) is 2. The molecule has 1 aromatic carbocycles. The van der Waals surface area contributed by atoms with Gasteiger partial charge in [0.2, 0.25) is 5.91 Å². The van der Waals surface area contributed by atoms with Crippen LogP contribution in [0.15, 0.2) is 53.4 Å². The van der Waals surface area contributed by atoms with Gasteiger partial charge in [0.25, 0.3) is 0 Å². The lowest BCUT2D eigenvalue weighted by atomic mass is 10.1. The molecule has 2 N–H and O–H groups in total. The molecular formula is C15H12BrN3O2. The minimum atomic E-state index is -0.154. The third-order valence-corrected chi connectivity index (χ3v) is 3.80. The molecule has 2 aromatic heterocycles. The summed E-state index contributed by atoms with van der Waals surface area (Å²) in [6.45, 7) is 0. The molecule has 0 aliphatic rings. The molecule has 106 valence electrons. The smallest absolute Gasteiger partial charge is 0.228 e. The lowest BCUT2D eigenvalue weighted by Gasteiger charge is -2.06. The normalized spacial score (nSPS) is 10.7. The van der Waals surface area contributed by atoms with Gasteiger partial charge in [-0.1, -0.05) is 18.2 Å². The summed E-state index contributed by atoms with van der Waals surface area (Å²) < 4.78 is 1.77. The summed E-state index contributed by atoms with van der Waals surface area (Å²) in [6, 6.07) is 9.12. The molecule has 0 saturated heterocycles. The van der Waals surface area contributed by atoms with Crippen LogP contribution in [0.5, 0.6) is 0 Å². The number of amides is 1. The Morgan fingerprint density at radius 2 is 2.14 bits per heavy atom. The lowest BCUT2D eigenvalue weighted by molar-refractivity contribution is -0.115. The van der Waals surface area contributed by atoms with Gasteiger partial charge in [0.05, 0.1) is 22.1 Å². The third kappa shape index (κ3) is 2.75. The van der Waals surface area contributed by atoms with Crippen molar-refractivity contribution in [2.45, 2.75) is 6.42 Å². The summed E-state index contributed by atoms with van der Waals surface area (Å²) in [5.74, 6) is -0.154. The Hall–Kier alpha value is -2.34. The molecular weight excluding hydrogens is 334 g/mol. The highest BCUT2D eigenvalue weighted by molar-refractivity contribution is 9.10. The molecule has 0 unspecified atom stereocenters. The highest BCUT2D eigenvalue weighted by Gasteiger charge is 2.12. The molecule has 2 heterocycles. The van der Waals surface area contributed by atoms with Crippen LogP contribution in [0.2, 0.25) is 0 Å². The second-order valence-electron chi connectivity index (χ2n) is 4.60. The van der Waals surface area contributed by atoms with E-state index in [0.717, 1.165) is 20.2 Å². The van der Waals surface area contributed by atoms with E-state index in [0.29, 0.717) is 11.2 Å². The molecule has 3 aromatic rings. The van der Waals surface area contributed by atoms with Crippen LogP contribution in [-0.4, -0.2) is 20.8 Å². The van der Waals surface area contributed by atoms with E-state index in [1.165, 1.54) is 0 Å². The number of pyridine rings is 1. The van der Waals surface area contributed by atoms with Crippen LogP contribution in [0, 0.1) is 0 Å². The van der Waals surface area contributed by atoms with Gasteiger partial charge in [-0.15, -0.1) is 0 Å². The number of carbonyl (C=O) groups is 1. The Balaban J connectivity index is 1.82. The van der Waals surface area contributed by atoms with Crippen LogP contribution in [0.1, 0.15) is 5.56 Å². The van der Waals surface area contributed by atoms with Crippen molar-refractivity contribution in [1.29, 1.82) is 0 Å². The van der Waals surface area contributed by atoms with Crippen LogP contribution in [0.4, 0.5) is 5.69 Å². The lowest BCUT2D eigenvalue weighted by Crippen LogP contribution is -2.14. The Morgan fingerprint density at radius 1 is 1.33 bits per heavy atom. The number of rotatable bonds is 3. The van der Waals surface area contributed by atoms with Crippen molar-refractivity contribution in [3.8, 4) is 0 Å². The second-order valence-corrected chi connectivity index (χ2v) is 5.45. The van der Waals surface area contributed by atoms with Crippen LogP contribution < -0.4 is 5.32 Å². The van der Waals surface area contributed by atoms with Crippen LogP contribution in [0.3, 0.4) is 0 Å². The van der Waals surface area contributed by atoms with Crippen molar-refractivity contribution in [2.75, 3.05) is 5.32 Å². The van der Waals surface area contributed by atoms with Crippen molar-refractivity contribution >= 4 is 38.4 Å². The van der Waals surface area contributed by atoms with Crippen LogP contribution in [-0.2, 0) is 11.2 Å². The second kappa shape index (κ2) is 5.57. The summed E-state index contributed by atoms with van der Waals surface area (Å²) in [5, 5.41) is 13.5. The van der Waals surface area contributed by atoms with Crippen molar-refractivity contribution in [3.05, 3.63) is 59.0 Å². The molecule has 1 amide bonds. The van der Waals surface area contributed by atoms with Crippen molar-refractivity contribution in [3.63, 3.8) is 0 Å². The monoisotopic (exact) mass is 345 g/mol. The van der Waals surface area contributed by atoms with E-state index >= 15 is 0 Å². The first-order valence-corrected chi connectivity index (χ1v) is 7.12. The number of para-hydroxylation sites is 1. The molecule has 5 nitrogen and oxygen atoms in total. The third-order valence-electron chi connectivity index (χ3n) is 3.17. The first-order chi connectivity index (χ1) is 10.1. The molecule has 3 rings (SSSR count). The van der Waals surface area contributed by atoms with Gasteiger partial charge in [0, 0.05) is 24.0 Å². The molecule has 0 bridgehead atoms. The molecule has 0 aliphatic heterocycles. The van der Waals surface area contributed by atoms with Gasteiger partial charge in [-0.3, -0.25) is 9.78 Å². The van der Waals surface area contributed by atoms with Gasteiger partial charge in [0.15, 0.2) is 0 Å². The fourth-order valence-corrected chi connectivity index (χ4v) is 2.57. The van der Waals surface area contributed by atoms with E-state index in [-0.39, 0.29) is 12.3 Å². The van der Waals surface area contributed by atoms with Crippen molar-refractivity contribution in [2.24, 2.45) is 0 Å². The summed E-state index contributed by atoms with van der Waals surface area (Å²) in [5.41, 5.74) is 2.13. The van der Waals surface area contributed by atoms with Crippen molar-refractivity contribution < 1.29 is 10.0 Å². The number of carbonyl (C=O) groups excluding carboxylic acids is 1. The highest BCUT2D eigenvalue weighted by Crippen LogP contribution is 2.23. The SMILES string of the molecule is O=C(Cc1cn(O)c2ccccc12)Nc1ccncc1Br. The van der Waals surface area contributed by atoms with Gasteiger partial charge in [-0.05, 0) is 33.6 Å². The fraction of sp³-hybridized carbons (Fsp3) is 0.0667. The maximum atomic E-state index is 12.1. The molecule has 0 radical (unpaired) electrons. The maximum Gasteiger partial charge on any atom is 0.228 e. The topological polar surface area (TPSA) is 67.2 Å². The van der Waals surface area contributed by atoms with Gasteiger partial charge in [0.1, 0.15) is 0 Å². The Labute approximate surface area is 129 Å². The predicted molar refractivity (Wildman–Crippen MR) is 83.4 cm³/mol. The minimum absolute atomic E-state index is 0.154. The Bertz CT molecular complexity index is 814. The van der Waals surface area contributed by atoms with Crippen LogP contribution >= 0.6 is 15.9 Å². The zero-order chi connectivity index (χ0) is 14.8. The van der Waals surface area contributed by atoms with E-state index in [2.05, 4.69) is 26.2 Å².